The zero-order valence-corrected chi connectivity index (χ0v) is 10.4. The fourth-order valence-corrected chi connectivity index (χ4v) is 2.17. The highest BCUT2D eigenvalue weighted by molar-refractivity contribution is 5.72. The van der Waals surface area contributed by atoms with Crippen LogP contribution in [0.4, 0.5) is 0 Å². The zero-order chi connectivity index (χ0) is 13.2. The van der Waals surface area contributed by atoms with Crippen molar-refractivity contribution in [3.05, 3.63) is 60.2 Å². The van der Waals surface area contributed by atoms with E-state index in [1.807, 2.05) is 35.1 Å². The number of fused-ring (bicyclic) bond motifs is 1. The van der Waals surface area contributed by atoms with Crippen molar-refractivity contribution in [3.63, 3.8) is 0 Å². The third-order valence-corrected chi connectivity index (χ3v) is 3.13. The smallest absolute Gasteiger partial charge is 0.408 e. The molecule has 1 unspecified atom stereocenters. The molecule has 1 aromatic carbocycles. The molecule has 0 amide bonds. The average molecular weight is 256 g/mol. The Labute approximate surface area is 110 Å². The minimum atomic E-state index is -0.360. The second-order valence-electron chi connectivity index (χ2n) is 4.42. The summed E-state index contributed by atoms with van der Waals surface area (Å²) in [6.45, 7) is 4.77. The van der Waals surface area contributed by atoms with Crippen LogP contribution in [0.15, 0.2) is 51.9 Å². The lowest BCUT2D eigenvalue weighted by molar-refractivity contribution is 0.436. The maximum Gasteiger partial charge on any atom is 0.420 e. The van der Waals surface area contributed by atoms with Gasteiger partial charge in [0.25, 0.3) is 0 Å². The number of aromatic nitrogens is 3. The topological polar surface area (TPSA) is 53.0 Å². The third-order valence-electron chi connectivity index (χ3n) is 3.13. The van der Waals surface area contributed by atoms with E-state index in [9.17, 15) is 4.79 Å². The Hall–Kier alpha value is -2.30. The molecular formula is C14H14N3O2. The molecule has 1 atom stereocenters. The van der Waals surface area contributed by atoms with E-state index in [2.05, 4.69) is 12.0 Å². The number of nitrogens with zero attached hydrogens (tertiary/aromatic N) is 3. The van der Waals surface area contributed by atoms with Gasteiger partial charge in [-0.1, -0.05) is 12.1 Å². The van der Waals surface area contributed by atoms with Gasteiger partial charge < -0.3 is 4.42 Å². The fourth-order valence-electron chi connectivity index (χ4n) is 2.17. The van der Waals surface area contributed by atoms with Crippen molar-refractivity contribution in [1.29, 1.82) is 0 Å². The summed E-state index contributed by atoms with van der Waals surface area (Å²) >= 11 is 0. The van der Waals surface area contributed by atoms with Crippen molar-refractivity contribution < 1.29 is 4.42 Å². The summed E-state index contributed by atoms with van der Waals surface area (Å²) in [4.78, 5) is 11.9. The number of oxazole rings is 1. The van der Waals surface area contributed by atoms with Crippen LogP contribution in [0.5, 0.6) is 0 Å². The van der Waals surface area contributed by atoms with Crippen LogP contribution in [0, 0.1) is 6.92 Å². The van der Waals surface area contributed by atoms with Gasteiger partial charge in [0.15, 0.2) is 5.58 Å². The normalized spacial score (nSPS) is 12.9. The summed E-state index contributed by atoms with van der Waals surface area (Å²) in [5.74, 6) is -0.360. The molecule has 19 heavy (non-hydrogen) atoms. The Morgan fingerprint density at radius 1 is 1.32 bits per heavy atom. The van der Waals surface area contributed by atoms with E-state index >= 15 is 0 Å². The number of benzene rings is 1. The van der Waals surface area contributed by atoms with Gasteiger partial charge in [0, 0.05) is 25.0 Å². The van der Waals surface area contributed by atoms with E-state index in [4.69, 9.17) is 4.42 Å². The molecule has 2 heterocycles. The molecule has 2 aromatic heterocycles. The van der Waals surface area contributed by atoms with E-state index in [1.54, 1.807) is 16.8 Å². The molecule has 0 saturated carbocycles. The molecule has 0 aliphatic heterocycles. The van der Waals surface area contributed by atoms with E-state index in [-0.39, 0.29) is 11.8 Å². The number of aryl methyl sites for hydroxylation is 1. The fraction of sp³-hybridized carbons (Fsp3) is 0.214. The van der Waals surface area contributed by atoms with Gasteiger partial charge in [-0.2, -0.15) is 5.10 Å². The average Bonchev–Trinajstić information content (AvgIpc) is 3.02. The number of para-hydroxylation sites is 2. The summed E-state index contributed by atoms with van der Waals surface area (Å²) < 4.78 is 8.62. The largest absolute Gasteiger partial charge is 0.420 e. The maximum absolute atomic E-state index is 11.9. The Kier molecular flexibility index (Phi) is 2.95. The van der Waals surface area contributed by atoms with Gasteiger partial charge in [-0.25, -0.2) is 4.79 Å². The molecule has 0 aliphatic carbocycles. The molecule has 97 valence electrons. The van der Waals surface area contributed by atoms with E-state index in [0.717, 1.165) is 5.52 Å². The zero-order valence-electron chi connectivity index (χ0n) is 10.4. The summed E-state index contributed by atoms with van der Waals surface area (Å²) in [7, 11) is 0. The molecule has 0 fully saturated rings. The molecule has 0 N–H and O–H groups in total. The Balaban J connectivity index is 1.87. The second-order valence-corrected chi connectivity index (χ2v) is 4.42. The molecule has 3 rings (SSSR count). The monoisotopic (exact) mass is 256 g/mol. The number of rotatable bonds is 4. The van der Waals surface area contributed by atoms with Crippen molar-refractivity contribution in [2.45, 2.75) is 19.0 Å². The van der Waals surface area contributed by atoms with Gasteiger partial charge >= 0.3 is 5.76 Å². The molecular weight excluding hydrogens is 242 g/mol. The van der Waals surface area contributed by atoms with E-state index in [0.29, 0.717) is 18.5 Å². The molecule has 5 nitrogen and oxygen atoms in total. The minimum Gasteiger partial charge on any atom is -0.408 e. The first-order chi connectivity index (χ1) is 9.25. The van der Waals surface area contributed by atoms with Crippen LogP contribution in [0.25, 0.3) is 11.1 Å². The standard InChI is InChI=1S/C14H14N3O2/c1-11(7-10-16-9-4-8-15-16)17-12-5-2-3-6-13(12)19-14(17)18/h2-6,8-9,11H,1,7,10H2. The van der Waals surface area contributed by atoms with Gasteiger partial charge in [0.2, 0.25) is 0 Å². The molecule has 0 spiro atoms. The minimum absolute atomic E-state index is 0.180. The Bertz CT molecular complexity index is 725. The van der Waals surface area contributed by atoms with E-state index in [1.165, 1.54) is 0 Å². The quantitative estimate of drug-likeness (QED) is 0.719. The highest BCUT2D eigenvalue weighted by Gasteiger charge is 2.14. The van der Waals surface area contributed by atoms with Crippen molar-refractivity contribution in [3.8, 4) is 0 Å². The van der Waals surface area contributed by atoms with Gasteiger partial charge in [0.1, 0.15) is 0 Å². The molecule has 5 heteroatoms. The summed E-state index contributed by atoms with van der Waals surface area (Å²) in [5.41, 5.74) is 1.38. The Morgan fingerprint density at radius 2 is 2.16 bits per heavy atom. The Morgan fingerprint density at radius 3 is 2.95 bits per heavy atom. The van der Waals surface area contributed by atoms with Gasteiger partial charge in [0.05, 0.1) is 5.52 Å². The lowest BCUT2D eigenvalue weighted by Crippen LogP contribution is -2.20. The van der Waals surface area contributed by atoms with Gasteiger partial charge in [-0.05, 0) is 31.5 Å². The van der Waals surface area contributed by atoms with Crippen LogP contribution in [-0.2, 0) is 6.54 Å². The first kappa shape index (κ1) is 11.8. The molecule has 0 saturated heterocycles. The highest BCUT2D eigenvalue weighted by atomic mass is 16.4. The van der Waals surface area contributed by atoms with Gasteiger partial charge in [-0.15, -0.1) is 0 Å². The number of hydrogen-bond donors (Lipinski definition) is 0. The first-order valence-corrected chi connectivity index (χ1v) is 6.16. The van der Waals surface area contributed by atoms with E-state index < -0.39 is 0 Å². The molecule has 1 radical (unpaired) electrons. The lowest BCUT2D eigenvalue weighted by atomic mass is 10.2. The van der Waals surface area contributed by atoms with Crippen LogP contribution in [0.3, 0.4) is 0 Å². The van der Waals surface area contributed by atoms with Crippen LogP contribution in [-0.4, -0.2) is 14.3 Å². The van der Waals surface area contributed by atoms with Crippen LogP contribution in [0.1, 0.15) is 12.5 Å². The number of hydrogen-bond acceptors (Lipinski definition) is 3. The predicted octanol–water partition coefficient (Wildman–Crippen LogP) is 2.26. The van der Waals surface area contributed by atoms with Crippen molar-refractivity contribution in [2.75, 3.05) is 0 Å². The second kappa shape index (κ2) is 4.76. The molecule has 0 aliphatic rings. The summed E-state index contributed by atoms with van der Waals surface area (Å²) in [6, 6.07) is 9.07. The third kappa shape index (κ3) is 2.19. The molecule has 3 aromatic rings. The van der Waals surface area contributed by atoms with Crippen LogP contribution in [0.2, 0.25) is 0 Å². The predicted molar refractivity (Wildman–Crippen MR) is 71.7 cm³/mol. The van der Waals surface area contributed by atoms with Gasteiger partial charge in [-0.3, -0.25) is 9.25 Å². The summed E-state index contributed by atoms with van der Waals surface area (Å²) in [5, 5.41) is 4.13. The maximum atomic E-state index is 11.9. The van der Waals surface area contributed by atoms with Crippen molar-refractivity contribution in [1.82, 2.24) is 14.3 Å². The SMILES string of the molecule is [CH2]C(CCn1cccn1)n1c(=O)oc2ccccc21. The first-order valence-electron chi connectivity index (χ1n) is 6.16. The molecule has 0 bridgehead atoms. The van der Waals surface area contributed by atoms with Crippen LogP contribution < -0.4 is 5.76 Å². The highest BCUT2D eigenvalue weighted by Crippen LogP contribution is 2.18. The lowest BCUT2D eigenvalue weighted by Gasteiger charge is -2.12. The van der Waals surface area contributed by atoms with Crippen LogP contribution >= 0.6 is 0 Å². The van der Waals surface area contributed by atoms with Crippen molar-refractivity contribution >= 4 is 11.1 Å². The summed E-state index contributed by atoms with van der Waals surface area (Å²) in [6.07, 6.45) is 4.34. The van der Waals surface area contributed by atoms with Crippen molar-refractivity contribution in [2.24, 2.45) is 0 Å².